The fourth-order valence-corrected chi connectivity index (χ4v) is 3.30. The van der Waals surface area contributed by atoms with Crippen molar-refractivity contribution < 1.29 is 13.2 Å². The molecule has 0 aliphatic heterocycles. The summed E-state index contributed by atoms with van der Waals surface area (Å²) in [6, 6.07) is 5.29. The average Bonchev–Trinajstić information content (AvgIpc) is 2.81. The smallest absolute Gasteiger partial charge is 0.240 e. The summed E-state index contributed by atoms with van der Waals surface area (Å²) in [7, 11) is -3.48. The van der Waals surface area contributed by atoms with E-state index in [1.807, 2.05) is 6.07 Å². The van der Waals surface area contributed by atoms with Crippen LogP contribution in [0.15, 0.2) is 23.1 Å². The van der Waals surface area contributed by atoms with Crippen molar-refractivity contribution in [1.82, 2.24) is 10.0 Å². The Balaban J connectivity index is 2.01. The maximum Gasteiger partial charge on any atom is 0.240 e. The summed E-state index contributed by atoms with van der Waals surface area (Å²) in [4.78, 5) is 11.0. The first-order valence-electron chi connectivity index (χ1n) is 6.35. The highest BCUT2D eigenvalue weighted by atomic mass is 32.2. The van der Waals surface area contributed by atoms with Gasteiger partial charge in [-0.25, -0.2) is 13.1 Å². The molecule has 6 heteroatoms. The lowest BCUT2D eigenvalue weighted by Gasteiger charge is -2.08. The Morgan fingerprint density at radius 2 is 1.95 bits per heavy atom. The summed E-state index contributed by atoms with van der Waals surface area (Å²) in [5, 5.41) is 2.55. The van der Waals surface area contributed by atoms with Crippen molar-refractivity contribution in [2.24, 2.45) is 0 Å². The van der Waals surface area contributed by atoms with Gasteiger partial charge in [0.05, 0.1) is 4.90 Å². The maximum atomic E-state index is 12.1. The van der Waals surface area contributed by atoms with Gasteiger partial charge in [-0.1, -0.05) is 6.07 Å². The van der Waals surface area contributed by atoms with E-state index in [2.05, 4.69) is 10.0 Å². The van der Waals surface area contributed by atoms with E-state index in [1.165, 1.54) is 12.5 Å². The van der Waals surface area contributed by atoms with Crippen molar-refractivity contribution in [3.8, 4) is 0 Å². The quantitative estimate of drug-likeness (QED) is 0.776. The van der Waals surface area contributed by atoms with Crippen LogP contribution in [0.3, 0.4) is 0 Å². The lowest BCUT2D eigenvalue weighted by Crippen LogP contribution is -2.33. The summed E-state index contributed by atoms with van der Waals surface area (Å²) in [6.07, 6.45) is 3.07. The first-order chi connectivity index (χ1) is 8.99. The van der Waals surface area contributed by atoms with Crippen LogP contribution in [0, 0.1) is 0 Å². The van der Waals surface area contributed by atoms with Gasteiger partial charge < -0.3 is 5.32 Å². The summed E-state index contributed by atoms with van der Waals surface area (Å²) in [5.74, 6) is -0.170. The Labute approximate surface area is 113 Å². The number of hydrogen-bond donors (Lipinski definition) is 2. The molecule has 0 saturated heterocycles. The number of sulfonamides is 1. The van der Waals surface area contributed by atoms with E-state index in [9.17, 15) is 13.2 Å². The molecule has 1 aliphatic carbocycles. The monoisotopic (exact) mass is 282 g/mol. The van der Waals surface area contributed by atoms with E-state index in [4.69, 9.17) is 0 Å². The van der Waals surface area contributed by atoms with Gasteiger partial charge in [0.1, 0.15) is 0 Å². The van der Waals surface area contributed by atoms with Crippen LogP contribution in [-0.2, 0) is 27.7 Å². The number of carbonyl (C=O) groups is 1. The highest BCUT2D eigenvalue weighted by Gasteiger charge is 2.17. The van der Waals surface area contributed by atoms with Crippen LogP contribution in [0.5, 0.6) is 0 Å². The van der Waals surface area contributed by atoms with Crippen LogP contribution in [0.25, 0.3) is 0 Å². The molecule has 0 atom stereocenters. The van der Waals surface area contributed by atoms with Gasteiger partial charge in [0.25, 0.3) is 0 Å². The van der Waals surface area contributed by atoms with Gasteiger partial charge in [0.2, 0.25) is 15.9 Å². The Hall–Kier alpha value is -1.40. The van der Waals surface area contributed by atoms with Crippen molar-refractivity contribution >= 4 is 15.9 Å². The van der Waals surface area contributed by atoms with Crippen LogP contribution in [0.1, 0.15) is 24.5 Å². The molecule has 1 aromatic carbocycles. The highest BCUT2D eigenvalue weighted by molar-refractivity contribution is 7.89. The van der Waals surface area contributed by atoms with Gasteiger partial charge in [-0.2, -0.15) is 0 Å². The van der Waals surface area contributed by atoms with Gasteiger partial charge in [0.15, 0.2) is 0 Å². The Morgan fingerprint density at radius 1 is 1.21 bits per heavy atom. The van der Waals surface area contributed by atoms with Gasteiger partial charge in [-0.05, 0) is 42.5 Å². The fraction of sp³-hybridized carbons (Fsp3) is 0.462. The molecule has 0 saturated carbocycles. The fourth-order valence-electron chi connectivity index (χ4n) is 2.22. The van der Waals surface area contributed by atoms with Crippen LogP contribution < -0.4 is 10.0 Å². The number of hydrogen-bond acceptors (Lipinski definition) is 3. The van der Waals surface area contributed by atoms with Gasteiger partial charge in [-0.15, -0.1) is 0 Å². The third kappa shape index (κ3) is 3.54. The second-order valence-electron chi connectivity index (χ2n) is 4.66. The molecule has 2 rings (SSSR count). The lowest BCUT2D eigenvalue weighted by molar-refractivity contribution is -0.118. The third-order valence-electron chi connectivity index (χ3n) is 3.17. The zero-order valence-corrected chi connectivity index (χ0v) is 11.7. The average molecular weight is 282 g/mol. The number of rotatable bonds is 5. The van der Waals surface area contributed by atoms with Crippen molar-refractivity contribution in [3.63, 3.8) is 0 Å². The molecule has 0 bridgehead atoms. The molecule has 0 radical (unpaired) electrons. The normalized spacial score (nSPS) is 14.2. The second-order valence-corrected chi connectivity index (χ2v) is 6.43. The number of aryl methyl sites for hydroxylation is 2. The zero-order valence-electron chi connectivity index (χ0n) is 10.9. The first kappa shape index (κ1) is 14.0. The molecule has 0 aromatic heterocycles. The standard InChI is InChI=1S/C13H18N2O3S/c1-10(16)14-7-8-15-19(17,18)13-6-5-11-3-2-4-12(11)9-13/h5-6,9,15H,2-4,7-8H2,1H3,(H,14,16). The predicted molar refractivity (Wildman–Crippen MR) is 72.3 cm³/mol. The largest absolute Gasteiger partial charge is 0.355 e. The molecule has 1 aliphatic rings. The molecule has 104 valence electrons. The van der Waals surface area contributed by atoms with Gasteiger partial charge >= 0.3 is 0 Å². The molecule has 0 spiro atoms. The number of benzene rings is 1. The minimum Gasteiger partial charge on any atom is -0.355 e. The number of carbonyl (C=O) groups excluding carboxylic acids is 1. The van der Waals surface area contributed by atoms with E-state index >= 15 is 0 Å². The number of amides is 1. The van der Waals surface area contributed by atoms with E-state index in [-0.39, 0.29) is 12.5 Å². The van der Waals surface area contributed by atoms with Gasteiger partial charge in [-0.3, -0.25) is 4.79 Å². The maximum absolute atomic E-state index is 12.1. The van der Waals surface area contributed by atoms with E-state index in [1.54, 1.807) is 12.1 Å². The second kappa shape index (κ2) is 5.71. The third-order valence-corrected chi connectivity index (χ3v) is 4.63. The van der Waals surface area contributed by atoms with E-state index < -0.39 is 10.0 Å². The summed E-state index contributed by atoms with van der Waals surface area (Å²) >= 11 is 0. The summed E-state index contributed by atoms with van der Waals surface area (Å²) < 4.78 is 26.6. The SMILES string of the molecule is CC(=O)NCCNS(=O)(=O)c1ccc2c(c1)CCC2. The molecular weight excluding hydrogens is 264 g/mol. The van der Waals surface area contributed by atoms with Gasteiger partial charge in [0, 0.05) is 20.0 Å². The number of fused-ring (bicyclic) bond motifs is 1. The molecule has 0 fully saturated rings. The molecule has 19 heavy (non-hydrogen) atoms. The topological polar surface area (TPSA) is 75.3 Å². The molecule has 1 aromatic rings. The van der Waals surface area contributed by atoms with Crippen LogP contribution >= 0.6 is 0 Å². The van der Waals surface area contributed by atoms with Crippen molar-refractivity contribution in [2.45, 2.75) is 31.1 Å². The Bertz CT molecular complexity index is 582. The first-order valence-corrected chi connectivity index (χ1v) is 7.83. The van der Waals surface area contributed by atoms with Crippen molar-refractivity contribution in [1.29, 1.82) is 0 Å². The Morgan fingerprint density at radius 3 is 2.68 bits per heavy atom. The van der Waals surface area contributed by atoms with E-state index in [0.29, 0.717) is 11.4 Å². The molecular formula is C13H18N2O3S. The van der Waals surface area contributed by atoms with Crippen molar-refractivity contribution in [2.75, 3.05) is 13.1 Å². The molecule has 0 heterocycles. The molecule has 2 N–H and O–H groups in total. The molecule has 1 amide bonds. The van der Waals surface area contributed by atoms with Crippen LogP contribution in [0.2, 0.25) is 0 Å². The summed E-state index contributed by atoms with van der Waals surface area (Å²) in [6.45, 7) is 1.88. The van der Waals surface area contributed by atoms with Crippen molar-refractivity contribution in [3.05, 3.63) is 29.3 Å². The Kier molecular flexibility index (Phi) is 4.21. The number of nitrogens with one attached hydrogen (secondary N) is 2. The minimum absolute atomic E-state index is 0.170. The predicted octanol–water partition coefficient (Wildman–Crippen LogP) is 0.590. The zero-order chi connectivity index (χ0) is 13.9. The summed E-state index contributed by atoms with van der Waals surface area (Å²) in [5.41, 5.74) is 2.38. The molecule has 5 nitrogen and oxygen atoms in total. The minimum atomic E-state index is -3.48. The van der Waals surface area contributed by atoms with Crippen LogP contribution in [0.4, 0.5) is 0 Å². The molecule has 0 unspecified atom stereocenters. The van der Waals surface area contributed by atoms with E-state index in [0.717, 1.165) is 24.8 Å². The highest BCUT2D eigenvalue weighted by Crippen LogP contribution is 2.24. The lowest BCUT2D eigenvalue weighted by atomic mass is 10.1. The van der Waals surface area contributed by atoms with Crippen LogP contribution in [-0.4, -0.2) is 27.4 Å².